The van der Waals surface area contributed by atoms with Crippen molar-refractivity contribution < 1.29 is 18.5 Å². The van der Waals surface area contributed by atoms with Crippen LogP contribution in [0.2, 0.25) is 0 Å². The molecule has 13 heavy (non-hydrogen) atoms. The number of rotatable bonds is 2. The second-order valence-electron chi connectivity index (χ2n) is 3.63. The molecule has 2 heterocycles. The molecule has 5 heteroatoms. The van der Waals surface area contributed by atoms with Gasteiger partial charge in [0, 0.05) is 6.16 Å². The summed E-state index contributed by atoms with van der Waals surface area (Å²) in [4.78, 5) is 0. The van der Waals surface area contributed by atoms with E-state index in [2.05, 4.69) is 0 Å². The molecule has 0 aromatic rings. The lowest BCUT2D eigenvalue weighted by Crippen LogP contribution is -2.22. The van der Waals surface area contributed by atoms with Crippen molar-refractivity contribution in [3.8, 4) is 0 Å². The van der Waals surface area contributed by atoms with E-state index in [9.17, 15) is 0 Å². The van der Waals surface area contributed by atoms with E-state index >= 15 is 0 Å². The van der Waals surface area contributed by atoms with E-state index in [1.807, 2.05) is 13.8 Å². The van der Waals surface area contributed by atoms with Crippen LogP contribution in [-0.4, -0.2) is 37.9 Å². The van der Waals surface area contributed by atoms with Crippen LogP contribution in [0.3, 0.4) is 0 Å². The maximum Gasteiger partial charge on any atom is 0.173 e. The van der Waals surface area contributed by atoms with Gasteiger partial charge in [-0.15, -0.1) is 0 Å². The van der Waals surface area contributed by atoms with Crippen molar-refractivity contribution in [3.05, 3.63) is 0 Å². The molecule has 2 fully saturated rings. The third-order valence-electron chi connectivity index (χ3n) is 1.97. The molecule has 1 atom stereocenters. The molecule has 0 amide bonds. The lowest BCUT2D eigenvalue weighted by molar-refractivity contribution is -0.135. The van der Waals surface area contributed by atoms with E-state index in [0.29, 0.717) is 6.61 Å². The predicted octanol–water partition coefficient (Wildman–Crippen LogP) is 1.50. The fraction of sp³-hybridized carbons (Fsp3) is 1.00. The fourth-order valence-electron chi connectivity index (χ4n) is 1.44. The van der Waals surface area contributed by atoms with Crippen molar-refractivity contribution in [2.75, 3.05) is 26.0 Å². The van der Waals surface area contributed by atoms with Gasteiger partial charge < -0.3 is 18.5 Å². The Kier molecular flexibility index (Phi) is 2.86. The molecule has 2 rings (SSSR count). The molecule has 0 aromatic carbocycles. The smallest absolute Gasteiger partial charge is 0.173 e. The number of hydrogen-bond acceptors (Lipinski definition) is 4. The highest BCUT2D eigenvalue weighted by Crippen LogP contribution is 2.44. The zero-order valence-electron chi connectivity index (χ0n) is 7.99. The molecule has 2 aliphatic heterocycles. The monoisotopic (exact) mass is 206 g/mol. The number of hydrogen-bond donors (Lipinski definition) is 0. The highest BCUT2D eigenvalue weighted by atomic mass is 31.2. The van der Waals surface area contributed by atoms with Gasteiger partial charge in [0.25, 0.3) is 0 Å². The van der Waals surface area contributed by atoms with Crippen LogP contribution >= 0.6 is 8.38 Å². The second-order valence-corrected chi connectivity index (χ2v) is 5.18. The normalized spacial score (nSPS) is 34.2. The summed E-state index contributed by atoms with van der Waals surface area (Å²) in [6.45, 7) is 5.96. The van der Waals surface area contributed by atoms with Crippen LogP contribution in [0.25, 0.3) is 0 Å². The van der Waals surface area contributed by atoms with Gasteiger partial charge in [0.1, 0.15) is 0 Å². The van der Waals surface area contributed by atoms with E-state index in [1.165, 1.54) is 0 Å². The summed E-state index contributed by atoms with van der Waals surface area (Å²) in [5.74, 6) is -0.431. The Morgan fingerprint density at radius 2 is 2.00 bits per heavy atom. The van der Waals surface area contributed by atoms with Crippen LogP contribution in [0.1, 0.15) is 13.8 Å². The third-order valence-corrected chi connectivity index (χ3v) is 3.62. The molecule has 0 bridgehead atoms. The fourth-order valence-corrected chi connectivity index (χ4v) is 2.79. The van der Waals surface area contributed by atoms with E-state index in [4.69, 9.17) is 18.5 Å². The Balaban J connectivity index is 1.77. The molecule has 0 aliphatic carbocycles. The molecular formula is C8H15O4P. The number of ether oxygens (including phenoxy) is 2. The zero-order valence-corrected chi connectivity index (χ0v) is 8.88. The maximum atomic E-state index is 5.64. The van der Waals surface area contributed by atoms with Gasteiger partial charge >= 0.3 is 0 Å². The van der Waals surface area contributed by atoms with Gasteiger partial charge in [0.15, 0.2) is 14.2 Å². The molecule has 0 spiro atoms. The van der Waals surface area contributed by atoms with Crippen molar-refractivity contribution in [3.63, 3.8) is 0 Å². The Labute approximate surface area is 79.4 Å². The molecule has 0 saturated carbocycles. The van der Waals surface area contributed by atoms with Crippen molar-refractivity contribution in [1.29, 1.82) is 0 Å². The third kappa shape index (κ3) is 2.61. The summed E-state index contributed by atoms with van der Waals surface area (Å²) in [6, 6.07) is 0. The molecule has 0 N–H and O–H groups in total. The Bertz CT molecular complexity index is 179. The Morgan fingerprint density at radius 1 is 1.31 bits per heavy atom. The van der Waals surface area contributed by atoms with E-state index in [-0.39, 0.29) is 6.10 Å². The van der Waals surface area contributed by atoms with Gasteiger partial charge in [-0.25, -0.2) is 0 Å². The average molecular weight is 206 g/mol. The van der Waals surface area contributed by atoms with Crippen molar-refractivity contribution in [1.82, 2.24) is 0 Å². The van der Waals surface area contributed by atoms with E-state index < -0.39 is 14.2 Å². The first-order valence-corrected chi connectivity index (χ1v) is 5.87. The second kappa shape index (κ2) is 3.79. The van der Waals surface area contributed by atoms with Crippen LogP contribution in [0.4, 0.5) is 0 Å². The van der Waals surface area contributed by atoms with Crippen molar-refractivity contribution in [2.45, 2.75) is 25.7 Å². The SMILES string of the molecule is CC1(C)OCC(CP2OCCO2)O1. The average Bonchev–Trinajstić information content (AvgIpc) is 2.61. The first-order valence-electron chi connectivity index (χ1n) is 4.51. The quantitative estimate of drug-likeness (QED) is 0.641. The highest BCUT2D eigenvalue weighted by Gasteiger charge is 2.35. The zero-order chi connectivity index (χ0) is 9.31. The maximum absolute atomic E-state index is 5.64. The van der Waals surface area contributed by atoms with Crippen LogP contribution in [-0.2, 0) is 18.5 Å². The van der Waals surface area contributed by atoms with Gasteiger partial charge in [0.05, 0.1) is 25.9 Å². The molecule has 2 aliphatic rings. The molecule has 4 nitrogen and oxygen atoms in total. The Hall–Kier alpha value is 0.270. The Morgan fingerprint density at radius 3 is 2.54 bits per heavy atom. The molecular weight excluding hydrogens is 191 g/mol. The summed E-state index contributed by atoms with van der Waals surface area (Å²) in [6.07, 6.45) is 0.970. The van der Waals surface area contributed by atoms with Crippen molar-refractivity contribution >= 4 is 8.38 Å². The first kappa shape index (κ1) is 9.81. The topological polar surface area (TPSA) is 36.9 Å². The predicted molar refractivity (Wildman–Crippen MR) is 48.6 cm³/mol. The van der Waals surface area contributed by atoms with E-state index in [0.717, 1.165) is 19.4 Å². The summed E-state index contributed by atoms with van der Waals surface area (Å²) in [5, 5.41) is 0. The largest absolute Gasteiger partial charge is 0.348 e. The minimum absolute atomic E-state index is 0.138. The summed E-state index contributed by atoms with van der Waals surface area (Å²) in [7, 11) is -0.703. The van der Waals surface area contributed by atoms with Crippen LogP contribution in [0, 0.1) is 0 Å². The van der Waals surface area contributed by atoms with Crippen molar-refractivity contribution in [2.24, 2.45) is 0 Å². The van der Waals surface area contributed by atoms with E-state index in [1.54, 1.807) is 0 Å². The van der Waals surface area contributed by atoms with Gasteiger partial charge in [0.2, 0.25) is 0 Å². The van der Waals surface area contributed by atoms with Gasteiger partial charge in [-0.05, 0) is 13.8 Å². The summed E-state index contributed by atoms with van der Waals surface area (Å²) >= 11 is 0. The molecule has 76 valence electrons. The standard InChI is InChI=1S/C8H15O4P/c1-8(2)9-5-7(12-8)6-13-10-3-4-11-13/h7H,3-6H2,1-2H3. The first-order chi connectivity index (χ1) is 6.16. The molecule has 0 aromatic heterocycles. The van der Waals surface area contributed by atoms with Gasteiger partial charge in [-0.2, -0.15) is 0 Å². The van der Waals surface area contributed by atoms with Crippen LogP contribution in [0.5, 0.6) is 0 Å². The minimum atomic E-state index is -0.703. The lowest BCUT2D eigenvalue weighted by atomic mass is 10.4. The minimum Gasteiger partial charge on any atom is -0.348 e. The highest BCUT2D eigenvalue weighted by molar-refractivity contribution is 7.47. The van der Waals surface area contributed by atoms with Crippen LogP contribution in [0.15, 0.2) is 0 Å². The summed E-state index contributed by atoms with van der Waals surface area (Å²) < 4.78 is 21.9. The molecule has 1 unspecified atom stereocenters. The van der Waals surface area contributed by atoms with Gasteiger partial charge in [-0.1, -0.05) is 0 Å². The van der Waals surface area contributed by atoms with Crippen LogP contribution < -0.4 is 0 Å². The molecule has 2 saturated heterocycles. The molecule has 0 radical (unpaired) electrons. The summed E-state index contributed by atoms with van der Waals surface area (Å²) in [5.41, 5.74) is 0. The lowest BCUT2D eigenvalue weighted by Gasteiger charge is -2.17. The van der Waals surface area contributed by atoms with Gasteiger partial charge in [-0.3, -0.25) is 0 Å².